The Bertz CT molecular complexity index is 824. The molecule has 0 bridgehead atoms. The molecule has 1 amide bonds. The first-order chi connectivity index (χ1) is 11.6. The van der Waals surface area contributed by atoms with Crippen molar-refractivity contribution in [2.24, 2.45) is 0 Å². The van der Waals surface area contributed by atoms with Gasteiger partial charge in [-0.2, -0.15) is 0 Å². The summed E-state index contributed by atoms with van der Waals surface area (Å²) in [4.78, 5) is 36.5. The van der Waals surface area contributed by atoms with E-state index >= 15 is 0 Å². The van der Waals surface area contributed by atoms with Gasteiger partial charge < -0.3 is 15.2 Å². The molecular formula is C17H19N5O2. The fourth-order valence-electron chi connectivity index (χ4n) is 2.57. The quantitative estimate of drug-likeness (QED) is 0.806. The second-order valence-corrected chi connectivity index (χ2v) is 5.63. The third kappa shape index (κ3) is 3.19. The van der Waals surface area contributed by atoms with E-state index in [1.165, 1.54) is 6.08 Å². The molecule has 0 saturated carbocycles. The highest BCUT2D eigenvalue weighted by molar-refractivity contribution is 5.87. The first-order valence-electron chi connectivity index (χ1n) is 7.83. The zero-order valence-corrected chi connectivity index (χ0v) is 13.5. The number of hydrogen-bond donors (Lipinski definition) is 2. The molecule has 7 heteroatoms. The van der Waals surface area contributed by atoms with Crippen molar-refractivity contribution in [3.05, 3.63) is 53.4 Å². The number of nitrogens with zero attached hydrogens (tertiary/aromatic N) is 3. The van der Waals surface area contributed by atoms with Gasteiger partial charge in [-0.05, 0) is 18.2 Å². The molecule has 3 heterocycles. The smallest absolute Gasteiger partial charge is 0.271 e. The van der Waals surface area contributed by atoms with Crippen molar-refractivity contribution in [1.82, 2.24) is 19.9 Å². The van der Waals surface area contributed by atoms with Crippen molar-refractivity contribution in [3.63, 3.8) is 0 Å². The highest BCUT2D eigenvalue weighted by atomic mass is 16.2. The molecular weight excluding hydrogens is 306 g/mol. The van der Waals surface area contributed by atoms with Crippen molar-refractivity contribution in [2.45, 2.75) is 19.4 Å². The molecule has 24 heavy (non-hydrogen) atoms. The summed E-state index contributed by atoms with van der Waals surface area (Å²) < 4.78 is 0. The van der Waals surface area contributed by atoms with Crippen LogP contribution in [-0.4, -0.2) is 44.9 Å². The van der Waals surface area contributed by atoms with Crippen LogP contribution >= 0.6 is 0 Å². The fraction of sp³-hybridized carbons (Fsp3) is 0.294. The van der Waals surface area contributed by atoms with E-state index in [2.05, 4.69) is 26.8 Å². The lowest BCUT2D eigenvalue weighted by atomic mass is 10.1. The van der Waals surface area contributed by atoms with Crippen LogP contribution in [0.4, 0.5) is 5.69 Å². The van der Waals surface area contributed by atoms with Gasteiger partial charge in [-0.3, -0.25) is 9.59 Å². The Morgan fingerprint density at radius 1 is 1.54 bits per heavy atom. The number of likely N-dealkylation sites (tertiary alicyclic amines) is 1. The molecule has 7 nitrogen and oxygen atoms in total. The fourth-order valence-corrected chi connectivity index (χ4v) is 2.57. The Morgan fingerprint density at radius 3 is 3.04 bits per heavy atom. The average molecular weight is 325 g/mol. The maximum Gasteiger partial charge on any atom is 0.271 e. The zero-order valence-electron chi connectivity index (χ0n) is 13.5. The second-order valence-electron chi connectivity index (χ2n) is 5.63. The van der Waals surface area contributed by atoms with Gasteiger partial charge in [0.05, 0.1) is 11.7 Å². The minimum absolute atomic E-state index is 0.0573. The van der Waals surface area contributed by atoms with Crippen molar-refractivity contribution < 1.29 is 4.79 Å². The molecule has 0 aliphatic carbocycles. The van der Waals surface area contributed by atoms with Crippen molar-refractivity contribution in [1.29, 1.82) is 0 Å². The molecule has 1 aliphatic rings. The summed E-state index contributed by atoms with van der Waals surface area (Å²) in [7, 11) is 0. The van der Waals surface area contributed by atoms with E-state index in [0.717, 1.165) is 23.5 Å². The Labute approximate surface area is 139 Å². The van der Waals surface area contributed by atoms with Gasteiger partial charge in [0.1, 0.15) is 11.5 Å². The summed E-state index contributed by atoms with van der Waals surface area (Å²) in [5, 5.41) is 3.18. The third-order valence-corrected chi connectivity index (χ3v) is 3.95. The van der Waals surface area contributed by atoms with E-state index in [0.29, 0.717) is 18.8 Å². The summed E-state index contributed by atoms with van der Waals surface area (Å²) in [5.41, 5.74) is 1.85. The molecule has 0 radical (unpaired) electrons. The lowest BCUT2D eigenvalue weighted by Crippen LogP contribution is -2.56. The molecule has 1 fully saturated rings. The number of pyridine rings is 1. The minimum Gasteiger partial charge on any atom is -0.374 e. The number of hydrogen-bond acceptors (Lipinski definition) is 5. The number of anilines is 1. The Balaban J connectivity index is 1.76. The van der Waals surface area contributed by atoms with Crippen LogP contribution in [0.15, 0.2) is 42.0 Å². The van der Waals surface area contributed by atoms with Gasteiger partial charge in [-0.25, -0.2) is 9.97 Å². The Kier molecular flexibility index (Phi) is 4.41. The average Bonchev–Trinajstić information content (AvgIpc) is 2.58. The molecule has 1 saturated heterocycles. The molecule has 3 rings (SSSR count). The van der Waals surface area contributed by atoms with Crippen LogP contribution in [0.1, 0.15) is 12.7 Å². The number of aromatic amines is 1. The van der Waals surface area contributed by atoms with Crippen molar-refractivity contribution in [3.8, 4) is 11.3 Å². The first-order valence-corrected chi connectivity index (χ1v) is 7.83. The molecule has 0 aromatic carbocycles. The summed E-state index contributed by atoms with van der Waals surface area (Å²) in [6, 6.07) is 3.64. The minimum atomic E-state index is -0.197. The lowest BCUT2D eigenvalue weighted by Gasteiger charge is -2.39. The molecule has 2 N–H and O–H groups in total. The molecule has 0 unspecified atom stereocenters. The van der Waals surface area contributed by atoms with Crippen LogP contribution in [0.3, 0.4) is 0 Å². The van der Waals surface area contributed by atoms with E-state index in [1.807, 2.05) is 13.0 Å². The lowest BCUT2D eigenvalue weighted by molar-refractivity contribution is -0.129. The summed E-state index contributed by atoms with van der Waals surface area (Å²) in [6.45, 7) is 6.57. The first kappa shape index (κ1) is 15.9. The van der Waals surface area contributed by atoms with E-state index in [4.69, 9.17) is 0 Å². The Morgan fingerprint density at radius 2 is 2.33 bits per heavy atom. The molecule has 2 aromatic heterocycles. The van der Waals surface area contributed by atoms with Crippen LogP contribution in [0.25, 0.3) is 11.3 Å². The summed E-state index contributed by atoms with van der Waals surface area (Å²) >= 11 is 0. The number of nitrogens with one attached hydrogen (secondary N) is 2. The van der Waals surface area contributed by atoms with Gasteiger partial charge in [0, 0.05) is 37.5 Å². The highest BCUT2D eigenvalue weighted by Gasteiger charge is 2.29. The van der Waals surface area contributed by atoms with Gasteiger partial charge in [-0.15, -0.1) is 0 Å². The van der Waals surface area contributed by atoms with E-state index in [9.17, 15) is 9.59 Å². The zero-order chi connectivity index (χ0) is 17.1. The van der Waals surface area contributed by atoms with Crippen LogP contribution in [0.2, 0.25) is 0 Å². The number of carbonyl (C=O) groups is 1. The van der Waals surface area contributed by atoms with Gasteiger partial charge in [0.2, 0.25) is 5.91 Å². The van der Waals surface area contributed by atoms with Gasteiger partial charge in [-0.1, -0.05) is 13.5 Å². The Hall–Kier alpha value is -2.96. The number of H-pyrrole nitrogens is 1. The summed E-state index contributed by atoms with van der Waals surface area (Å²) in [6.07, 6.45) is 5.40. The van der Waals surface area contributed by atoms with E-state index in [-0.39, 0.29) is 17.5 Å². The number of aryl methyl sites for hydroxylation is 1. The molecule has 1 aliphatic heterocycles. The van der Waals surface area contributed by atoms with E-state index < -0.39 is 0 Å². The van der Waals surface area contributed by atoms with Crippen LogP contribution in [0, 0.1) is 0 Å². The van der Waals surface area contributed by atoms with Crippen LogP contribution in [-0.2, 0) is 11.2 Å². The SMILES string of the molecule is C=CC(=O)N1CC(Nc2cc(-c3ccnc(CC)n3)c[nH]c2=O)C1. The predicted molar refractivity (Wildman–Crippen MR) is 91.7 cm³/mol. The van der Waals surface area contributed by atoms with Gasteiger partial charge >= 0.3 is 0 Å². The maximum absolute atomic E-state index is 12.0. The van der Waals surface area contributed by atoms with Crippen LogP contribution < -0.4 is 10.9 Å². The monoisotopic (exact) mass is 325 g/mol. The largest absolute Gasteiger partial charge is 0.374 e. The standard InChI is InChI=1S/C17H19N5O2/c1-3-15-18-6-5-13(21-15)11-7-14(17(24)19-8-11)20-12-9-22(10-12)16(23)4-2/h4-8,12,20H,2-3,9-10H2,1H3,(H,19,24). The molecule has 0 atom stereocenters. The normalized spacial score (nSPS) is 14.1. The second kappa shape index (κ2) is 6.66. The highest BCUT2D eigenvalue weighted by Crippen LogP contribution is 2.19. The molecule has 2 aromatic rings. The maximum atomic E-state index is 12.0. The molecule has 0 spiro atoms. The van der Waals surface area contributed by atoms with Crippen molar-refractivity contribution >= 4 is 11.6 Å². The van der Waals surface area contributed by atoms with E-state index in [1.54, 1.807) is 23.4 Å². The topological polar surface area (TPSA) is 91.0 Å². The number of rotatable bonds is 5. The molecule has 124 valence electrons. The van der Waals surface area contributed by atoms with Gasteiger partial charge in [0.15, 0.2) is 0 Å². The van der Waals surface area contributed by atoms with Crippen LogP contribution in [0.5, 0.6) is 0 Å². The van der Waals surface area contributed by atoms with Crippen molar-refractivity contribution in [2.75, 3.05) is 18.4 Å². The third-order valence-electron chi connectivity index (χ3n) is 3.95. The number of carbonyl (C=O) groups excluding carboxylic acids is 1. The number of aromatic nitrogens is 3. The summed E-state index contributed by atoms with van der Waals surface area (Å²) in [5.74, 6) is 0.662. The number of amides is 1. The van der Waals surface area contributed by atoms with Gasteiger partial charge in [0.25, 0.3) is 5.56 Å². The predicted octanol–water partition coefficient (Wildman–Crippen LogP) is 1.20.